The van der Waals surface area contributed by atoms with E-state index in [9.17, 15) is 9.59 Å². The molecular weight excluding hydrogens is 443 g/mol. The van der Waals surface area contributed by atoms with E-state index < -0.39 is 5.63 Å². The van der Waals surface area contributed by atoms with Crippen molar-refractivity contribution in [2.24, 2.45) is 0 Å². The number of aryl methyl sites for hydroxylation is 2. The molecule has 0 bridgehead atoms. The fourth-order valence-electron chi connectivity index (χ4n) is 3.09. The van der Waals surface area contributed by atoms with Gasteiger partial charge in [0.25, 0.3) is 0 Å². The summed E-state index contributed by atoms with van der Waals surface area (Å²) in [5, 5.41) is 1.74. The molecule has 0 amide bonds. The first-order chi connectivity index (χ1) is 14.9. The number of benzene rings is 2. The summed E-state index contributed by atoms with van der Waals surface area (Å²) < 4.78 is 21.4. The molecule has 2 aromatic carbocycles. The van der Waals surface area contributed by atoms with E-state index in [0.29, 0.717) is 40.0 Å². The number of hydrogen-bond donors (Lipinski definition) is 0. The minimum atomic E-state index is -0.445. The molecule has 0 fully saturated rings. The summed E-state index contributed by atoms with van der Waals surface area (Å²) in [6, 6.07) is 10.1. The molecule has 0 unspecified atom stereocenters. The van der Waals surface area contributed by atoms with Crippen molar-refractivity contribution in [3.63, 3.8) is 0 Å². The maximum absolute atomic E-state index is 12.0. The number of carbonyl (C=O) groups excluding carboxylic acids is 1. The molecule has 0 aliphatic rings. The molecule has 0 aliphatic heterocycles. The third-order valence-electron chi connectivity index (χ3n) is 4.72. The number of rotatable bonds is 9. The predicted molar refractivity (Wildman–Crippen MR) is 119 cm³/mol. The van der Waals surface area contributed by atoms with Crippen LogP contribution in [0.3, 0.4) is 0 Å². The topological polar surface area (TPSA) is 75.0 Å². The van der Waals surface area contributed by atoms with Crippen LogP contribution in [0, 0.1) is 6.92 Å². The van der Waals surface area contributed by atoms with E-state index in [2.05, 4.69) is 0 Å². The Labute approximate surface area is 189 Å². The number of halogens is 2. The van der Waals surface area contributed by atoms with Crippen molar-refractivity contribution in [2.45, 2.75) is 26.4 Å². The van der Waals surface area contributed by atoms with Crippen molar-refractivity contribution < 1.29 is 23.4 Å². The first-order valence-electron chi connectivity index (χ1n) is 9.66. The van der Waals surface area contributed by atoms with Crippen LogP contribution in [0.25, 0.3) is 11.0 Å². The quantitative estimate of drug-likeness (QED) is 0.248. The molecule has 1 heterocycles. The van der Waals surface area contributed by atoms with Gasteiger partial charge in [-0.05, 0) is 42.7 Å². The van der Waals surface area contributed by atoms with Crippen molar-refractivity contribution in [2.75, 3.05) is 20.3 Å². The number of hydrogen-bond acceptors (Lipinski definition) is 6. The Bertz CT molecular complexity index is 1120. The molecule has 0 spiro atoms. The Morgan fingerprint density at radius 2 is 1.84 bits per heavy atom. The first kappa shape index (κ1) is 23.1. The molecule has 8 heteroatoms. The van der Waals surface area contributed by atoms with E-state index in [0.717, 1.165) is 16.5 Å². The number of ether oxygens (including phenoxy) is 3. The first-order valence-corrected chi connectivity index (χ1v) is 10.4. The third-order valence-corrected chi connectivity index (χ3v) is 5.42. The second-order valence-corrected chi connectivity index (χ2v) is 7.72. The Morgan fingerprint density at radius 3 is 2.55 bits per heavy atom. The number of esters is 1. The Kier molecular flexibility index (Phi) is 7.96. The van der Waals surface area contributed by atoms with Crippen LogP contribution in [-0.4, -0.2) is 26.3 Å². The summed E-state index contributed by atoms with van der Waals surface area (Å²) in [7, 11) is 1.54. The van der Waals surface area contributed by atoms with Crippen LogP contribution in [0.1, 0.15) is 23.1 Å². The van der Waals surface area contributed by atoms with Crippen LogP contribution in [0.2, 0.25) is 10.0 Å². The van der Waals surface area contributed by atoms with Crippen LogP contribution >= 0.6 is 23.2 Å². The highest BCUT2D eigenvalue weighted by Gasteiger charge is 2.14. The van der Waals surface area contributed by atoms with Gasteiger partial charge in [0.2, 0.25) is 0 Å². The van der Waals surface area contributed by atoms with Gasteiger partial charge in [0.05, 0.1) is 6.61 Å². The van der Waals surface area contributed by atoms with Gasteiger partial charge < -0.3 is 18.6 Å². The maximum atomic E-state index is 12.0. The predicted octanol–water partition coefficient (Wildman–Crippen LogP) is 5.11. The molecule has 3 aromatic rings. The summed E-state index contributed by atoms with van der Waals surface area (Å²) in [5.41, 5.74) is 2.14. The maximum Gasteiger partial charge on any atom is 0.336 e. The van der Waals surface area contributed by atoms with E-state index in [1.54, 1.807) is 31.4 Å². The lowest BCUT2D eigenvalue weighted by molar-refractivity contribution is -0.144. The lowest BCUT2D eigenvalue weighted by Gasteiger charge is -2.15. The molecule has 0 saturated carbocycles. The molecule has 0 N–H and O–H groups in total. The Hall–Kier alpha value is -2.54. The average Bonchev–Trinajstić information content (AvgIpc) is 2.72. The zero-order valence-corrected chi connectivity index (χ0v) is 18.7. The fraction of sp³-hybridized carbons (Fsp3) is 0.304. The zero-order chi connectivity index (χ0) is 22.4. The molecule has 31 heavy (non-hydrogen) atoms. The van der Waals surface area contributed by atoms with Crippen molar-refractivity contribution in [1.29, 1.82) is 0 Å². The summed E-state index contributed by atoms with van der Waals surface area (Å²) in [6.07, 6.45) is 0.542. The molecule has 3 rings (SSSR count). The van der Waals surface area contributed by atoms with E-state index in [1.165, 1.54) is 6.07 Å². The fourth-order valence-corrected chi connectivity index (χ4v) is 3.60. The SMILES string of the molecule is COCCOC(=O)CCc1cc2c(C)cc(=O)oc2cc1OCc1c(Cl)cccc1Cl. The molecule has 0 atom stereocenters. The van der Waals surface area contributed by atoms with Crippen LogP contribution in [0.5, 0.6) is 5.75 Å². The van der Waals surface area contributed by atoms with E-state index >= 15 is 0 Å². The van der Waals surface area contributed by atoms with E-state index in [4.69, 9.17) is 41.8 Å². The van der Waals surface area contributed by atoms with Gasteiger partial charge >= 0.3 is 11.6 Å². The molecule has 6 nitrogen and oxygen atoms in total. The van der Waals surface area contributed by atoms with Crippen molar-refractivity contribution in [3.8, 4) is 5.75 Å². The van der Waals surface area contributed by atoms with Crippen molar-refractivity contribution >= 4 is 40.1 Å². The normalized spacial score (nSPS) is 11.0. The van der Waals surface area contributed by atoms with Gasteiger partial charge in [0.15, 0.2) is 0 Å². The highest BCUT2D eigenvalue weighted by atomic mass is 35.5. The lowest BCUT2D eigenvalue weighted by atomic mass is 10.0. The molecular formula is C23H22Cl2O6. The summed E-state index contributed by atoms with van der Waals surface area (Å²) in [6.45, 7) is 2.48. The molecule has 164 valence electrons. The van der Waals surface area contributed by atoms with Gasteiger partial charge in [0, 0.05) is 46.7 Å². The Morgan fingerprint density at radius 1 is 1.10 bits per heavy atom. The molecule has 0 radical (unpaired) electrons. The van der Waals surface area contributed by atoms with Crippen LogP contribution < -0.4 is 10.4 Å². The van der Waals surface area contributed by atoms with Crippen LogP contribution in [-0.2, 0) is 27.3 Å². The van der Waals surface area contributed by atoms with Crippen LogP contribution in [0.4, 0.5) is 0 Å². The van der Waals surface area contributed by atoms with Gasteiger partial charge in [-0.25, -0.2) is 4.79 Å². The van der Waals surface area contributed by atoms with Crippen molar-refractivity contribution in [1.82, 2.24) is 0 Å². The zero-order valence-electron chi connectivity index (χ0n) is 17.2. The summed E-state index contributed by atoms with van der Waals surface area (Å²) in [5.74, 6) is 0.135. The second kappa shape index (κ2) is 10.7. The van der Waals surface area contributed by atoms with Gasteiger partial charge in [-0.3, -0.25) is 4.79 Å². The second-order valence-electron chi connectivity index (χ2n) is 6.91. The molecule has 0 aliphatic carbocycles. The highest BCUT2D eigenvalue weighted by molar-refractivity contribution is 6.35. The van der Waals surface area contributed by atoms with E-state index in [-0.39, 0.29) is 25.6 Å². The van der Waals surface area contributed by atoms with Gasteiger partial charge in [0.1, 0.15) is 24.5 Å². The summed E-state index contributed by atoms with van der Waals surface area (Å²) in [4.78, 5) is 23.8. The van der Waals surface area contributed by atoms with Gasteiger partial charge in [-0.15, -0.1) is 0 Å². The largest absolute Gasteiger partial charge is 0.488 e. The minimum absolute atomic E-state index is 0.116. The molecule has 0 saturated heterocycles. The minimum Gasteiger partial charge on any atom is -0.488 e. The summed E-state index contributed by atoms with van der Waals surface area (Å²) >= 11 is 12.5. The smallest absolute Gasteiger partial charge is 0.336 e. The van der Waals surface area contributed by atoms with Gasteiger partial charge in [-0.1, -0.05) is 29.3 Å². The standard InChI is InChI=1S/C23H22Cl2O6/c1-14-10-23(27)31-21-12-20(30-13-17-18(24)4-3-5-19(17)25)15(11-16(14)21)6-7-22(26)29-9-8-28-2/h3-5,10-12H,6-9,13H2,1-2H3. The van der Waals surface area contributed by atoms with Crippen molar-refractivity contribution in [3.05, 3.63) is 73.6 Å². The number of methoxy groups -OCH3 is 1. The average molecular weight is 465 g/mol. The third kappa shape index (κ3) is 6.00. The number of carbonyl (C=O) groups is 1. The van der Waals surface area contributed by atoms with Gasteiger partial charge in [-0.2, -0.15) is 0 Å². The highest BCUT2D eigenvalue weighted by Crippen LogP contribution is 2.31. The Balaban J connectivity index is 1.88. The molecule has 1 aromatic heterocycles. The lowest BCUT2D eigenvalue weighted by Crippen LogP contribution is -2.11. The monoisotopic (exact) mass is 464 g/mol. The number of fused-ring (bicyclic) bond motifs is 1. The van der Waals surface area contributed by atoms with Crippen LogP contribution in [0.15, 0.2) is 45.6 Å². The van der Waals surface area contributed by atoms with E-state index in [1.807, 2.05) is 13.0 Å².